The number of urea groups is 1. The van der Waals surface area contributed by atoms with Crippen LogP contribution in [0, 0.1) is 0 Å². The average molecular weight is 358 g/mol. The molecule has 0 fully saturated rings. The van der Waals surface area contributed by atoms with Crippen molar-refractivity contribution in [2.24, 2.45) is 0 Å². The SMILES string of the molecule is COc1cc(NC(=O)Nc2cc(Cl)ccc2OC)c2ccccc2n1. The van der Waals surface area contributed by atoms with Gasteiger partial charge in [0.2, 0.25) is 5.88 Å². The number of anilines is 2. The number of para-hydroxylation sites is 1. The second-order valence-electron chi connectivity index (χ2n) is 5.15. The summed E-state index contributed by atoms with van der Waals surface area (Å²) in [6.07, 6.45) is 0. The largest absolute Gasteiger partial charge is 0.495 e. The molecule has 0 saturated heterocycles. The topological polar surface area (TPSA) is 72.5 Å². The number of rotatable bonds is 4. The Morgan fingerprint density at radius 2 is 1.76 bits per heavy atom. The highest BCUT2D eigenvalue weighted by Gasteiger charge is 2.12. The minimum absolute atomic E-state index is 0.411. The molecule has 2 N–H and O–H groups in total. The molecule has 1 aromatic heterocycles. The van der Waals surface area contributed by atoms with Crippen molar-refractivity contribution in [1.29, 1.82) is 0 Å². The molecular formula is C18H16ClN3O3. The van der Waals surface area contributed by atoms with E-state index >= 15 is 0 Å². The highest BCUT2D eigenvalue weighted by atomic mass is 35.5. The van der Waals surface area contributed by atoms with Crippen LogP contribution in [0.15, 0.2) is 48.5 Å². The molecule has 0 bridgehead atoms. The van der Waals surface area contributed by atoms with E-state index in [4.69, 9.17) is 21.1 Å². The van der Waals surface area contributed by atoms with E-state index in [0.29, 0.717) is 28.0 Å². The van der Waals surface area contributed by atoms with E-state index in [-0.39, 0.29) is 0 Å². The fraction of sp³-hybridized carbons (Fsp3) is 0.111. The maximum atomic E-state index is 12.4. The van der Waals surface area contributed by atoms with Gasteiger partial charge in [0.05, 0.1) is 31.1 Å². The van der Waals surface area contributed by atoms with Gasteiger partial charge in [0, 0.05) is 16.5 Å². The molecule has 0 aliphatic rings. The number of nitrogens with zero attached hydrogens (tertiary/aromatic N) is 1. The van der Waals surface area contributed by atoms with Crippen LogP contribution in [0.25, 0.3) is 10.9 Å². The van der Waals surface area contributed by atoms with Gasteiger partial charge >= 0.3 is 6.03 Å². The first-order valence-electron chi connectivity index (χ1n) is 7.46. The van der Waals surface area contributed by atoms with Gasteiger partial charge in [-0.1, -0.05) is 29.8 Å². The van der Waals surface area contributed by atoms with Gasteiger partial charge in [-0.3, -0.25) is 0 Å². The second-order valence-corrected chi connectivity index (χ2v) is 5.59. The lowest BCUT2D eigenvalue weighted by Gasteiger charge is -2.13. The van der Waals surface area contributed by atoms with Crippen LogP contribution in [0.1, 0.15) is 0 Å². The number of aromatic nitrogens is 1. The monoisotopic (exact) mass is 357 g/mol. The minimum atomic E-state index is -0.432. The zero-order chi connectivity index (χ0) is 17.8. The maximum Gasteiger partial charge on any atom is 0.323 e. The van der Waals surface area contributed by atoms with Crippen LogP contribution in [0.3, 0.4) is 0 Å². The number of hydrogen-bond acceptors (Lipinski definition) is 4. The molecule has 25 heavy (non-hydrogen) atoms. The number of halogens is 1. The highest BCUT2D eigenvalue weighted by molar-refractivity contribution is 6.31. The van der Waals surface area contributed by atoms with Crippen molar-refractivity contribution in [3.63, 3.8) is 0 Å². The Bertz CT molecular complexity index is 931. The van der Waals surface area contributed by atoms with Gasteiger partial charge in [-0.05, 0) is 24.3 Å². The number of carbonyl (C=O) groups excluding carboxylic acids is 1. The van der Waals surface area contributed by atoms with E-state index in [1.807, 2.05) is 24.3 Å². The number of carbonyl (C=O) groups is 1. The van der Waals surface area contributed by atoms with Gasteiger partial charge in [0.1, 0.15) is 5.75 Å². The number of nitrogens with one attached hydrogen (secondary N) is 2. The van der Waals surface area contributed by atoms with Gasteiger partial charge < -0.3 is 20.1 Å². The van der Waals surface area contributed by atoms with Crippen LogP contribution >= 0.6 is 11.6 Å². The van der Waals surface area contributed by atoms with E-state index in [2.05, 4.69) is 15.6 Å². The summed E-state index contributed by atoms with van der Waals surface area (Å²) in [6.45, 7) is 0. The van der Waals surface area contributed by atoms with E-state index in [9.17, 15) is 4.79 Å². The molecule has 0 saturated carbocycles. The van der Waals surface area contributed by atoms with Gasteiger partial charge in [-0.15, -0.1) is 0 Å². The van der Waals surface area contributed by atoms with E-state index < -0.39 is 6.03 Å². The van der Waals surface area contributed by atoms with Crippen molar-refractivity contribution in [3.05, 3.63) is 53.6 Å². The van der Waals surface area contributed by atoms with E-state index in [1.165, 1.54) is 14.2 Å². The lowest BCUT2D eigenvalue weighted by atomic mass is 10.2. The Morgan fingerprint density at radius 1 is 1.00 bits per heavy atom. The van der Waals surface area contributed by atoms with Crippen molar-refractivity contribution in [2.45, 2.75) is 0 Å². The van der Waals surface area contributed by atoms with E-state index in [1.54, 1.807) is 24.3 Å². The first-order valence-corrected chi connectivity index (χ1v) is 7.84. The third-order valence-electron chi connectivity index (χ3n) is 3.56. The van der Waals surface area contributed by atoms with Crippen LogP contribution in [-0.4, -0.2) is 25.2 Å². The summed E-state index contributed by atoms with van der Waals surface area (Å²) in [4.78, 5) is 16.8. The van der Waals surface area contributed by atoms with Crippen LogP contribution in [0.2, 0.25) is 5.02 Å². The molecular weight excluding hydrogens is 342 g/mol. The first kappa shape index (κ1) is 16.9. The first-order chi connectivity index (χ1) is 12.1. The number of hydrogen-bond donors (Lipinski definition) is 2. The van der Waals surface area contributed by atoms with Crippen LogP contribution < -0.4 is 20.1 Å². The molecule has 0 aliphatic heterocycles. The molecule has 0 aliphatic carbocycles. The zero-order valence-corrected chi connectivity index (χ0v) is 14.4. The van der Waals surface area contributed by atoms with Gasteiger partial charge in [-0.2, -0.15) is 0 Å². The Hall–Kier alpha value is -2.99. The fourth-order valence-corrected chi connectivity index (χ4v) is 2.58. The second kappa shape index (κ2) is 7.27. The number of ether oxygens (including phenoxy) is 2. The zero-order valence-electron chi connectivity index (χ0n) is 13.7. The fourth-order valence-electron chi connectivity index (χ4n) is 2.41. The molecule has 3 aromatic rings. The van der Waals surface area contributed by atoms with Crippen molar-refractivity contribution in [2.75, 3.05) is 24.9 Å². The highest BCUT2D eigenvalue weighted by Crippen LogP contribution is 2.29. The summed E-state index contributed by atoms with van der Waals surface area (Å²) in [7, 11) is 3.05. The van der Waals surface area contributed by atoms with Gasteiger partial charge in [0.15, 0.2) is 0 Å². The molecule has 3 rings (SSSR count). The lowest BCUT2D eigenvalue weighted by Crippen LogP contribution is -2.20. The van der Waals surface area contributed by atoms with Gasteiger partial charge in [0.25, 0.3) is 0 Å². The molecule has 2 amide bonds. The van der Waals surface area contributed by atoms with Gasteiger partial charge in [-0.25, -0.2) is 9.78 Å². The smallest absolute Gasteiger partial charge is 0.323 e. The molecule has 6 nitrogen and oxygen atoms in total. The lowest BCUT2D eigenvalue weighted by molar-refractivity contribution is 0.262. The quantitative estimate of drug-likeness (QED) is 0.718. The van der Waals surface area contributed by atoms with Crippen molar-refractivity contribution < 1.29 is 14.3 Å². The summed E-state index contributed by atoms with van der Waals surface area (Å²) in [5.74, 6) is 0.922. The van der Waals surface area contributed by atoms with Crippen LogP contribution in [0.5, 0.6) is 11.6 Å². The van der Waals surface area contributed by atoms with Crippen LogP contribution in [0.4, 0.5) is 16.2 Å². The summed E-state index contributed by atoms with van der Waals surface area (Å²) < 4.78 is 10.4. The number of fused-ring (bicyclic) bond motifs is 1. The summed E-state index contributed by atoms with van der Waals surface area (Å²) in [5, 5.41) is 6.84. The minimum Gasteiger partial charge on any atom is -0.495 e. The van der Waals surface area contributed by atoms with Crippen LogP contribution in [-0.2, 0) is 0 Å². The number of pyridine rings is 1. The number of benzene rings is 2. The predicted octanol–water partition coefficient (Wildman–Crippen LogP) is 4.55. The summed E-state index contributed by atoms with van der Waals surface area (Å²) in [6, 6.07) is 13.7. The van der Waals surface area contributed by atoms with Crippen molar-refractivity contribution in [3.8, 4) is 11.6 Å². The predicted molar refractivity (Wildman–Crippen MR) is 98.9 cm³/mol. The maximum absolute atomic E-state index is 12.4. The Labute approximate surface area is 149 Å². The molecule has 0 unspecified atom stereocenters. The molecule has 7 heteroatoms. The summed E-state index contributed by atoms with van der Waals surface area (Å²) >= 11 is 5.98. The molecule has 0 atom stereocenters. The average Bonchev–Trinajstić information content (AvgIpc) is 2.61. The van der Waals surface area contributed by atoms with Crippen molar-refractivity contribution >= 4 is 39.9 Å². The van der Waals surface area contributed by atoms with Crippen molar-refractivity contribution in [1.82, 2.24) is 4.98 Å². The Morgan fingerprint density at radius 3 is 2.52 bits per heavy atom. The molecule has 2 aromatic carbocycles. The number of amides is 2. The Kier molecular flexibility index (Phi) is 4.90. The normalized spacial score (nSPS) is 10.4. The molecule has 1 heterocycles. The molecule has 0 spiro atoms. The van der Waals surface area contributed by atoms with E-state index in [0.717, 1.165) is 10.9 Å². The standard InChI is InChI=1S/C18H16ClN3O3/c1-24-16-8-7-11(19)9-15(16)22-18(23)21-14-10-17(25-2)20-13-6-4-3-5-12(13)14/h3-10H,1-2H3,(H2,20,21,22,23). The third kappa shape index (κ3) is 3.75. The number of methoxy groups -OCH3 is 2. The Balaban J connectivity index is 1.89. The molecule has 0 radical (unpaired) electrons. The molecule has 128 valence electrons. The third-order valence-corrected chi connectivity index (χ3v) is 3.79. The summed E-state index contributed by atoms with van der Waals surface area (Å²) in [5.41, 5.74) is 1.77.